The van der Waals surface area contributed by atoms with E-state index >= 15 is 0 Å². The van der Waals surface area contributed by atoms with Gasteiger partial charge in [-0.25, -0.2) is 13.1 Å². The average Bonchev–Trinajstić information content (AvgIpc) is 3.08. The number of fused-ring (bicyclic) bond motifs is 1. The molecule has 1 N–H and O–H groups in total. The van der Waals surface area contributed by atoms with Crippen molar-refractivity contribution in [3.8, 4) is 0 Å². The van der Waals surface area contributed by atoms with Gasteiger partial charge in [-0.1, -0.05) is 6.07 Å². The third-order valence-electron chi connectivity index (χ3n) is 3.40. The van der Waals surface area contributed by atoms with E-state index < -0.39 is 10.0 Å². The highest BCUT2D eigenvalue weighted by molar-refractivity contribution is 7.89. The molecule has 1 fully saturated rings. The van der Waals surface area contributed by atoms with Crippen molar-refractivity contribution in [1.29, 1.82) is 0 Å². The Bertz CT molecular complexity index is 708. The molecule has 1 aromatic carbocycles. The molecule has 0 saturated carbocycles. The van der Waals surface area contributed by atoms with Crippen LogP contribution in [0.5, 0.6) is 0 Å². The zero-order valence-electron chi connectivity index (χ0n) is 10.9. The minimum Gasteiger partial charge on any atom is -0.377 e. The first-order valence-corrected chi connectivity index (χ1v) is 8.64. The number of ether oxygens (including phenoxy) is 1. The lowest BCUT2D eigenvalue weighted by atomic mass is 10.1. The van der Waals surface area contributed by atoms with Crippen LogP contribution in [0.25, 0.3) is 11.0 Å². The van der Waals surface area contributed by atoms with Crippen LogP contribution in [0.4, 0.5) is 0 Å². The molecule has 2 atom stereocenters. The van der Waals surface area contributed by atoms with Crippen molar-refractivity contribution in [1.82, 2.24) is 13.5 Å². The molecule has 0 aliphatic carbocycles. The molecule has 1 aromatic heterocycles. The first-order valence-electron chi connectivity index (χ1n) is 6.43. The first kappa shape index (κ1) is 13.9. The van der Waals surface area contributed by atoms with Crippen LogP contribution in [0.1, 0.15) is 19.8 Å². The Balaban J connectivity index is 1.89. The first-order chi connectivity index (χ1) is 9.58. The van der Waals surface area contributed by atoms with E-state index in [1.165, 1.54) is 0 Å². The molecule has 0 radical (unpaired) electrons. The Kier molecular flexibility index (Phi) is 3.72. The van der Waals surface area contributed by atoms with E-state index in [0.717, 1.165) is 24.6 Å². The van der Waals surface area contributed by atoms with Crippen molar-refractivity contribution < 1.29 is 13.2 Å². The van der Waals surface area contributed by atoms with Crippen LogP contribution >= 0.6 is 11.7 Å². The molecule has 6 nitrogen and oxygen atoms in total. The molecule has 8 heteroatoms. The SMILES string of the molecule is C[C@H](NS(=O)(=O)c1cccc2nsnc12)[C@H]1CCCO1. The quantitative estimate of drug-likeness (QED) is 0.926. The Hall–Kier alpha value is -1.09. The third kappa shape index (κ3) is 2.56. The molecule has 108 valence electrons. The van der Waals surface area contributed by atoms with Gasteiger partial charge in [-0.05, 0) is 31.9 Å². The van der Waals surface area contributed by atoms with Gasteiger partial charge < -0.3 is 4.74 Å². The van der Waals surface area contributed by atoms with E-state index in [1.54, 1.807) is 18.2 Å². The van der Waals surface area contributed by atoms with Gasteiger partial charge in [0.2, 0.25) is 10.0 Å². The summed E-state index contributed by atoms with van der Waals surface area (Å²) in [6.45, 7) is 2.52. The van der Waals surface area contributed by atoms with Gasteiger partial charge in [0.25, 0.3) is 0 Å². The van der Waals surface area contributed by atoms with Gasteiger partial charge in [-0.15, -0.1) is 0 Å². The van der Waals surface area contributed by atoms with Crippen LogP contribution in [0.3, 0.4) is 0 Å². The van der Waals surface area contributed by atoms with Crippen LogP contribution in [0.2, 0.25) is 0 Å². The summed E-state index contributed by atoms with van der Waals surface area (Å²) in [6.07, 6.45) is 1.80. The van der Waals surface area contributed by atoms with Gasteiger partial charge in [0, 0.05) is 12.6 Å². The smallest absolute Gasteiger partial charge is 0.243 e. The number of hydrogen-bond acceptors (Lipinski definition) is 6. The normalized spacial score (nSPS) is 21.4. The summed E-state index contributed by atoms with van der Waals surface area (Å²) < 4.78 is 41.3. The summed E-state index contributed by atoms with van der Waals surface area (Å²) in [5.74, 6) is 0. The van der Waals surface area contributed by atoms with Crippen molar-refractivity contribution in [3.63, 3.8) is 0 Å². The molecule has 2 heterocycles. The fraction of sp³-hybridized carbons (Fsp3) is 0.500. The van der Waals surface area contributed by atoms with E-state index in [0.29, 0.717) is 17.6 Å². The maximum atomic E-state index is 12.5. The second kappa shape index (κ2) is 5.36. The van der Waals surface area contributed by atoms with Crippen molar-refractivity contribution in [2.45, 2.75) is 36.8 Å². The van der Waals surface area contributed by atoms with E-state index in [2.05, 4.69) is 13.5 Å². The van der Waals surface area contributed by atoms with Crippen molar-refractivity contribution >= 4 is 32.8 Å². The summed E-state index contributed by atoms with van der Waals surface area (Å²) in [4.78, 5) is 0.175. The molecule has 2 aromatic rings. The summed E-state index contributed by atoms with van der Waals surface area (Å²) in [7, 11) is -3.62. The monoisotopic (exact) mass is 313 g/mol. The van der Waals surface area contributed by atoms with Crippen LogP contribution in [0.15, 0.2) is 23.1 Å². The maximum absolute atomic E-state index is 12.5. The molecule has 0 bridgehead atoms. The zero-order chi connectivity index (χ0) is 14.2. The number of rotatable bonds is 4. The second-order valence-electron chi connectivity index (χ2n) is 4.85. The molecule has 1 aliphatic heterocycles. The fourth-order valence-electron chi connectivity index (χ4n) is 2.38. The van der Waals surface area contributed by atoms with Crippen LogP contribution in [-0.4, -0.2) is 35.9 Å². The highest BCUT2D eigenvalue weighted by Gasteiger charge is 2.28. The highest BCUT2D eigenvalue weighted by Crippen LogP contribution is 2.22. The Labute approximate surface area is 121 Å². The van der Waals surface area contributed by atoms with Crippen LogP contribution in [-0.2, 0) is 14.8 Å². The number of nitrogens with one attached hydrogen (secondary N) is 1. The molecular weight excluding hydrogens is 298 g/mol. The predicted octanol–water partition coefficient (Wildman–Crippen LogP) is 1.54. The van der Waals surface area contributed by atoms with Gasteiger partial charge in [0.1, 0.15) is 15.9 Å². The largest absolute Gasteiger partial charge is 0.377 e. The molecule has 1 aliphatic rings. The Morgan fingerprint density at radius 3 is 3.05 bits per heavy atom. The lowest BCUT2D eigenvalue weighted by molar-refractivity contribution is 0.0902. The van der Waals surface area contributed by atoms with Crippen molar-refractivity contribution in [3.05, 3.63) is 18.2 Å². The molecular formula is C12H15N3O3S2. The number of nitrogens with zero attached hydrogens (tertiary/aromatic N) is 2. The van der Waals surface area contributed by atoms with Gasteiger partial charge in [-0.2, -0.15) is 8.75 Å². The maximum Gasteiger partial charge on any atom is 0.243 e. The zero-order valence-corrected chi connectivity index (χ0v) is 12.6. The van der Waals surface area contributed by atoms with Gasteiger partial charge in [0.15, 0.2) is 0 Å². The number of benzene rings is 1. The van der Waals surface area contributed by atoms with E-state index in [4.69, 9.17) is 4.74 Å². The second-order valence-corrected chi connectivity index (χ2v) is 7.06. The fourth-order valence-corrected chi connectivity index (χ4v) is 4.42. The topological polar surface area (TPSA) is 81.2 Å². The summed E-state index contributed by atoms with van der Waals surface area (Å²) in [5.41, 5.74) is 1.02. The molecule has 0 unspecified atom stereocenters. The average molecular weight is 313 g/mol. The lowest BCUT2D eigenvalue weighted by Gasteiger charge is -2.19. The Morgan fingerprint density at radius 1 is 1.45 bits per heavy atom. The van der Waals surface area contributed by atoms with Crippen molar-refractivity contribution in [2.75, 3.05) is 6.61 Å². The van der Waals surface area contributed by atoms with Crippen LogP contribution in [0, 0.1) is 0 Å². The van der Waals surface area contributed by atoms with E-state index in [-0.39, 0.29) is 17.0 Å². The molecule has 1 saturated heterocycles. The van der Waals surface area contributed by atoms with E-state index in [1.807, 2.05) is 6.92 Å². The summed E-state index contributed by atoms with van der Waals surface area (Å²) in [6, 6.07) is 4.72. The van der Waals surface area contributed by atoms with Crippen LogP contribution < -0.4 is 4.72 Å². The standard InChI is InChI=1S/C12H15N3O3S2/c1-8(10-5-3-7-18-10)15-20(16,17)11-6-2-4-9-12(11)14-19-13-9/h2,4,6,8,10,15H,3,5,7H2,1H3/t8-,10+/m0/s1. The minimum atomic E-state index is -3.62. The lowest BCUT2D eigenvalue weighted by Crippen LogP contribution is -2.40. The number of hydrogen-bond donors (Lipinski definition) is 1. The molecule has 0 amide bonds. The molecule has 3 rings (SSSR count). The van der Waals surface area contributed by atoms with Gasteiger partial charge in [-0.3, -0.25) is 0 Å². The summed E-state index contributed by atoms with van der Waals surface area (Å²) >= 11 is 1.01. The molecule has 0 spiro atoms. The highest BCUT2D eigenvalue weighted by atomic mass is 32.2. The van der Waals surface area contributed by atoms with Crippen molar-refractivity contribution in [2.24, 2.45) is 0 Å². The number of aromatic nitrogens is 2. The molecule has 20 heavy (non-hydrogen) atoms. The van der Waals surface area contributed by atoms with Gasteiger partial charge >= 0.3 is 0 Å². The predicted molar refractivity (Wildman–Crippen MR) is 76.2 cm³/mol. The minimum absolute atomic E-state index is 0.0578. The van der Waals surface area contributed by atoms with E-state index in [9.17, 15) is 8.42 Å². The summed E-state index contributed by atoms with van der Waals surface area (Å²) in [5, 5.41) is 0. The third-order valence-corrected chi connectivity index (χ3v) is 5.54. The van der Waals surface area contributed by atoms with Gasteiger partial charge in [0.05, 0.1) is 17.8 Å². The Morgan fingerprint density at radius 2 is 2.30 bits per heavy atom. The number of sulfonamides is 1.